The lowest BCUT2D eigenvalue weighted by molar-refractivity contribution is -0.125. The molecule has 2 aliphatic rings. The lowest BCUT2D eigenvalue weighted by atomic mass is 9.64. The van der Waals surface area contributed by atoms with Crippen molar-refractivity contribution in [3.05, 3.63) is 71.3 Å². The van der Waals surface area contributed by atoms with Crippen molar-refractivity contribution in [2.24, 2.45) is 10.8 Å². The molecule has 1 fully saturated rings. The minimum Gasteiger partial charge on any atom is -0.338 e. The van der Waals surface area contributed by atoms with Crippen molar-refractivity contribution in [3.8, 4) is 23.3 Å². The molecule has 0 saturated carbocycles. The van der Waals surface area contributed by atoms with Gasteiger partial charge in [-0.15, -0.1) is 0 Å². The number of rotatable bonds is 2. The molecule has 0 N–H and O–H groups in total. The van der Waals surface area contributed by atoms with Crippen LogP contribution in [0.15, 0.2) is 60.2 Å². The van der Waals surface area contributed by atoms with Crippen LogP contribution in [0, 0.1) is 33.5 Å². The number of ketones is 1. The largest absolute Gasteiger partial charge is 0.338 e. The first-order valence-corrected chi connectivity index (χ1v) is 10.3. The number of amides is 1. The second-order valence-corrected chi connectivity index (χ2v) is 9.17. The van der Waals surface area contributed by atoms with E-state index >= 15 is 0 Å². The number of likely N-dealkylation sites (tertiary alicyclic amines) is 1. The second kappa shape index (κ2) is 7.52. The first-order chi connectivity index (χ1) is 14.8. The molecule has 1 heterocycles. The number of nitrogens with zero attached hydrogens (tertiary/aromatic N) is 3. The molecule has 2 aromatic carbocycles. The fourth-order valence-corrected chi connectivity index (χ4v) is 4.91. The molecular weight excluding hydrogens is 386 g/mol. The van der Waals surface area contributed by atoms with Gasteiger partial charge in [-0.3, -0.25) is 9.59 Å². The van der Waals surface area contributed by atoms with Crippen LogP contribution < -0.4 is 0 Å². The Bertz CT molecular complexity index is 1180. The fraction of sp³-hybridized carbons (Fsp3) is 0.308. The van der Waals surface area contributed by atoms with E-state index in [-0.39, 0.29) is 22.7 Å². The number of allylic oxidation sites excluding steroid dienone is 1. The van der Waals surface area contributed by atoms with Crippen LogP contribution in [0.5, 0.6) is 0 Å². The molecule has 1 saturated heterocycles. The van der Waals surface area contributed by atoms with Crippen LogP contribution in [0.2, 0.25) is 0 Å². The molecule has 1 atom stereocenters. The minimum absolute atomic E-state index is 0.0472. The van der Waals surface area contributed by atoms with Gasteiger partial charge in [-0.25, -0.2) is 0 Å². The molecule has 1 amide bonds. The number of carbonyl (C=O) groups excluding carboxylic acids is 2. The molecule has 1 aliphatic carbocycles. The number of carbonyl (C=O) groups is 2. The van der Waals surface area contributed by atoms with Gasteiger partial charge in [0, 0.05) is 29.5 Å². The lowest BCUT2D eigenvalue weighted by Crippen LogP contribution is -2.40. The van der Waals surface area contributed by atoms with E-state index in [4.69, 9.17) is 5.26 Å². The van der Waals surface area contributed by atoms with Crippen LogP contribution >= 0.6 is 0 Å². The Labute approximate surface area is 182 Å². The molecule has 154 valence electrons. The Morgan fingerprint density at radius 3 is 2.45 bits per heavy atom. The van der Waals surface area contributed by atoms with E-state index in [0.717, 1.165) is 17.5 Å². The summed E-state index contributed by atoms with van der Waals surface area (Å²) in [6, 6.07) is 18.9. The number of Topliss-reactive ketones (excluding diaryl/α,β-unsaturated/α-hetero) is 1. The molecule has 5 nitrogen and oxygen atoms in total. The maximum absolute atomic E-state index is 13.3. The van der Waals surface area contributed by atoms with Crippen LogP contribution in [-0.4, -0.2) is 29.7 Å². The molecule has 4 rings (SSSR count). The Kier molecular flexibility index (Phi) is 4.99. The van der Waals surface area contributed by atoms with E-state index in [9.17, 15) is 14.9 Å². The zero-order valence-electron chi connectivity index (χ0n) is 17.7. The molecule has 5 heteroatoms. The Morgan fingerprint density at radius 1 is 1.03 bits per heavy atom. The number of benzene rings is 2. The predicted octanol–water partition coefficient (Wildman–Crippen LogP) is 4.51. The highest BCUT2D eigenvalue weighted by atomic mass is 16.2. The third-order valence-corrected chi connectivity index (χ3v) is 6.35. The van der Waals surface area contributed by atoms with Gasteiger partial charge >= 0.3 is 0 Å². The van der Waals surface area contributed by atoms with Crippen molar-refractivity contribution in [2.45, 2.75) is 26.7 Å². The van der Waals surface area contributed by atoms with E-state index in [1.54, 1.807) is 18.2 Å². The van der Waals surface area contributed by atoms with Gasteiger partial charge in [0.25, 0.3) is 5.91 Å². The van der Waals surface area contributed by atoms with Crippen molar-refractivity contribution in [2.75, 3.05) is 13.1 Å². The predicted molar refractivity (Wildman–Crippen MR) is 117 cm³/mol. The highest BCUT2D eigenvalue weighted by Crippen LogP contribution is 2.48. The average molecular weight is 409 g/mol. The number of hydrogen-bond acceptors (Lipinski definition) is 4. The SMILES string of the molecule is CC1(C)C[C@]2(C=C(C#N)C1=O)CCN(C(=O)c1cccc(-c3ccc(C#N)cc3)c1)C2. The molecule has 1 aliphatic heterocycles. The van der Waals surface area contributed by atoms with Gasteiger partial charge in [0.2, 0.25) is 0 Å². The summed E-state index contributed by atoms with van der Waals surface area (Å²) in [6.45, 7) is 4.87. The van der Waals surface area contributed by atoms with Gasteiger partial charge in [-0.1, -0.05) is 44.2 Å². The van der Waals surface area contributed by atoms with E-state index < -0.39 is 5.41 Å². The van der Waals surface area contributed by atoms with Gasteiger partial charge in [0.05, 0.1) is 17.2 Å². The summed E-state index contributed by atoms with van der Waals surface area (Å²) in [5, 5.41) is 18.4. The van der Waals surface area contributed by atoms with Crippen LogP contribution in [-0.2, 0) is 4.79 Å². The Hall–Kier alpha value is -3.70. The number of hydrogen-bond donors (Lipinski definition) is 0. The maximum atomic E-state index is 13.3. The molecule has 31 heavy (non-hydrogen) atoms. The summed E-state index contributed by atoms with van der Waals surface area (Å²) in [6.07, 6.45) is 3.19. The summed E-state index contributed by atoms with van der Waals surface area (Å²) < 4.78 is 0. The number of nitriles is 2. The standard InChI is InChI=1S/C26H23N3O2/c1-25(2)16-26(13-22(15-28)23(25)30)10-11-29(17-26)24(31)21-5-3-4-20(12-21)19-8-6-18(14-27)7-9-19/h3-9,12-13H,10-11,16-17H2,1-2H3/t26-/m1/s1. The normalized spacial score (nSPS) is 22.0. The van der Waals surface area contributed by atoms with Crippen LogP contribution in [0.1, 0.15) is 42.6 Å². The molecule has 0 radical (unpaired) electrons. The van der Waals surface area contributed by atoms with Gasteiger partial charge in [0.1, 0.15) is 6.07 Å². The van der Waals surface area contributed by atoms with Crippen molar-refractivity contribution in [3.63, 3.8) is 0 Å². The quantitative estimate of drug-likeness (QED) is 0.731. The molecule has 1 spiro atoms. The molecular formula is C26H23N3O2. The smallest absolute Gasteiger partial charge is 0.253 e. The Balaban J connectivity index is 1.58. The zero-order valence-corrected chi connectivity index (χ0v) is 17.7. The van der Waals surface area contributed by atoms with E-state index in [1.807, 2.05) is 55.1 Å². The first-order valence-electron chi connectivity index (χ1n) is 10.3. The van der Waals surface area contributed by atoms with E-state index in [1.165, 1.54) is 0 Å². The molecule has 0 unspecified atom stereocenters. The zero-order chi connectivity index (χ0) is 22.2. The monoisotopic (exact) mass is 409 g/mol. The lowest BCUT2D eigenvalue weighted by Gasteiger charge is -2.38. The van der Waals surface area contributed by atoms with E-state index in [2.05, 4.69) is 12.1 Å². The van der Waals surface area contributed by atoms with Crippen LogP contribution in [0.25, 0.3) is 11.1 Å². The third kappa shape index (κ3) is 3.76. The summed E-state index contributed by atoms with van der Waals surface area (Å²) >= 11 is 0. The third-order valence-electron chi connectivity index (χ3n) is 6.35. The van der Waals surface area contributed by atoms with Crippen molar-refractivity contribution in [1.29, 1.82) is 10.5 Å². The summed E-state index contributed by atoms with van der Waals surface area (Å²) in [5.41, 5.74) is 2.35. The fourth-order valence-electron chi connectivity index (χ4n) is 4.91. The van der Waals surface area contributed by atoms with Crippen molar-refractivity contribution < 1.29 is 9.59 Å². The second-order valence-electron chi connectivity index (χ2n) is 9.17. The van der Waals surface area contributed by atoms with Crippen molar-refractivity contribution in [1.82, 2.24) is 4.90 Å². The van der Waals surface area contributed by atoms with Gasteiger partial charge in [-0.05, 0) is 48.2 Å². The molecule has 2 aromatic rings. The van der Waals surface area contributed by atoms with Gasteiger partial charge in [-0.2, -0.15) is 10.5 Å². The van der Waals surface area contributed by atoms with Crippen LogP contribution in [0.3, 0.4) is 0 Å². The molecule has 0 bridgehead atoms. The van der Waals surface area contributed by atoms with Gasteiger partial charge in [0.15, 0.2) is 5.78 Å². The minimum atomic E-state index is -0.603. The van der Waals surface area contributed by atoms with Gasteiger partial charge < -0.3 is 4.90 Å². The average Bonchev–Trinajstić information content (AvgIpc) is 3.18. The Morgan fingerprint density at radius 2 is 1.77 bits per heavy atom. The highest BCUT2D eigenvalue weighted by molar-refractivity contribution is 6.04. The topological polar surface area (TPSA) is 85.0 Å². The highest BCUT2D eigenvalue weighted by Gasteiger charge is 2.48. The maximum Gasteiger partial charge on any atom is 0.253 e. The van der Waals surface area contributed by atoms with E-state index in [0.29, 0.717) is 30.6 Å². The van der Waals surface area contributed by atoms with Crippen molar-refractivity contribution >= 4 is 11.7 Å². The molecule has 0 aromatic heterocycles. The first kappa shape index (κ1) is 20.6. The summed E-state index contributed by atoms with van der Waals surface area (Å²) in [7, 11) is 0. The van der Waals surface area contributed by atoms with Crippen LogP contribution in [0.4, 0.5) is 0 Å². The summed E-state index contributed by atoms with van der Waals surface area (Å²) in [4.78, 5) is 27.6. The summed E-state index contributed by atoms with van der Waals surface area (Å²) in [5.74, 6) is -0.158.